The molecule has 1 fully saturated rings. The van der Waals surface area contributed by atoms with E-state index < -0.39 is 5.41 Å². The number of methoxy groups -OCH3 is 1. The van der Waals surface area contributed by atoms with E-state index in [1.807, 2.05) is 43.3 Å². The molecule has 7 nitrogen and oxygen atoms in total. The van der Waals surface area contributed by atoms with E-state index in [1.54, 1.807) is 23.1 Å². The Hall–Kier alpha value is -3.29. The molecule has 2 N–H and O–H groups in total. The summed E-state index contributed by atoms with van der Waals surface area (Å²) in [6.45, 7) is 2.98. The van der Waals surface area contributed by atoms with E-state index in [9.17, 15) is 14.4 Å². The number of hydrogen-bond donors (Lipinski definition) is 2. The van der Waals surface area contributed by atoms with Gasteiger partial charge in [0.1, 0.15) is 0 Å². The van der Waals surface area contributed by atoms with E-state index in [4.69, 9.17) is 27.9 Å². The van der Waals surface area contributed by atoms with Gasteiger partial charge in [0, 0.05) is 46.0 Å². The zero-order valence-electron chi connectivity index (χ0n) is 21.9. The fourth-order valence-electron chi connectivity index (χ4n) is 6.14. The Morgan fingerprint density at radius 1 is 1.15 bits per heavy atom. The lowest BCUT2D eigenvalue weighted by Crippen LogP contribution is -2.53. The number of amides is 3. The van der Waals surface area contributed by atoms with Gasteiger partial charge in [0.25, 0.3) is 0 Å². The van der Waals surface area contributed by atoms with E-state index in [1.165, 1.54) is 7.11 Å². The predicted molar refractivity (Wildman–Crippen MR) is 152 cm³/mol. The molecule has 0 spiro atoms. The number of likely N-dealkylation sites (tertiary alicyclic amines) is 1. The highest BCUT2D eigenvalue weighted by Gasteiger charge is 2.53. The number of urea groups is 1. The van der Waals surface area contributed by atoms with Crippen molar-refractivity contribution in [3.05, 3.63) is 87.1 Å². The third kappa shape index (κ3) is 5.30. The van der Waals surface area contributed by atoms with Gasteiger partial charge in [0.05, 0.1) is 12.5 Å². The molecule has 1 aliphatic carbocycles. The summed E-state index contributed by atoms with van der Waals surface area (Å²) in [6.07, 6.45) is 5.98. The number of carbonyl (C=O) groups is 3. The SMILES string of the molecule is COC(=O)C1=CC=C(NC(=O)N2CCCC(C3(Cc4cccc(Cl)c4)C(=O)Nc4cc(Cl)ccc43)C2)C(C)C1. The number of esters is 1. The number of fused-ring (bicyclic) bond motifs is 1. The lowest BCUT2D eigenvalue weighted by atomic mass is 9.65. The molecule has 0 saturated carbocycles. The van der Waals surface area contributed by atoms with E-state index in [-0.39, 0.29) is 29.7 Å². The quantitative estimate of drug-likeness (QED) is 0.442. The Morgan fingerprint density at radius 3 is 2.69 bits per heavy atom. The van der Waals surface area contributed by atoms with Crippen LogP contribution in [0, 0.1) is 11.8 Å². The molecule has 5 rings (SSSR count). The Morgan fingerprint density at radius 2 is 1.95 bits per heavy atom. The maximum Gasteiger partial charge on any atom is 0.333 e. The standard InChI is InChI=1S/C30H31Cl2N3O4/c1-18-13-20(27(36)39-2)8-11-25(18)34-29(38)35-12-4-6-21(17-35)30(16-19-5-3-7-22(31)14-19)24-10-9-23(32)15-26(24)33-28(30)37/h3,5,7-11,14-15,18,21H,4,6,12-13,16-17H2,1-2H3,(H,33,37)(H,34,38). The lowest BCUT2D eigenvalue weighted by molar-refractivity contribution is -0.136. The van der Waals surface area contributed by atoms with Crippen molar-refractivity contribution in [1.82, 2.24) is 10.2 Å². The highest BCUT2D eigenvalue weighted by molar-refractivity contribution is 6.31. The molecule has 2 aromatic carbocycles. The normalized spacial score (nSPS) is 24.3. The second kappa shape index (κ2) is 11.1. The fraction of sp³-hybridized carbons (Fsp3) is 0.367. The van der Waals surface area contributed by atoms with Gasteiger partial charge in [-0.25, -0.2) is 9.59 Å². The highest BCUT2D eigenvalue weighted by atomic mass is 35.5. The van der Waals surface area contributed by atoms with Crippen molar-refractivity contribution in [3.63, 3.8) is 0 Å². The molecule has 9 heteroatoms. The summed E-state index contributed by atoms with van der Waals surface area (Å²) >= 11 is 12.6. The lowest BCUT2D eigenvalue weighted by Gasteiger charge is -2.42. The van der Waals surface area contributed by atoms with Crippen LogP contribution in [0.3, 0.4) is 0 Å². The van der Waals surface area contributed by atoms with Gasteiger partial charge < -0.3 is 20.3 Å². The number of piperidine rings is 1. The maximum atomic E-state index is 13.8. The van der Waals surface area contributed by atoms with Crippen LogP contribution in [0.1, 0.15) is 37.3 Å². The van der Waals surface area contributed by atoms with Gasteiger partial charge in [-0.3, -0.25) is 4.79 Å². The molecule has 0 bridgehead atoms. The number of halogens is 2. The summed E-state index contributed by atoms with van der Waals surface area (Å²) in [4.78, 5) is 41.0. The topological polar surface area (TPSA) is 87.7 Å². The summed E-state index contributed by atoms with van der Waals surface area (Å²) in [5, 5.41) is 7.28. The second-order valence-electron chi connectivity index (χ2n) is 10.5. The first-order valence-electron chi connectivity index (χ1n) is 13.1. The molecule has 3 unspecified atom stereocenters. The third-order valence-corrected chi connectivity index (χ3v) is 8.58. The van der Waals surface area contributed by atoms with Gasteiger partial charge in [0.15, 0.2) is 0 Å². The molecular formula is C30H31Cl2N3O4. The molecule has 204 valence electrons. The minimum Gasteiger partial charge on any atom is -0.466 e. The molecular weight excluding hydrogens is 537 g/mol. The van der Waals surface area contributed by atoms with Crippen molar-refractivity contribution in [2.24, 2.45) is 11.8 Å². The largest absolute Gasteiger partial charge is 0.466 e. The van der Waals surface area contributed by atoms with Gasteiger partial charge in [0.2, 0.25) is 5.91 Å². The highest BCUT2D eigenvalue weighted by Crippen LogP contribution is 2.49. The molecule has 2 aromatic rings. The van der Waals surface area contributed by atoms with Crippen molar-refractivity contribution in [1.29, 1.82) is 0 Å². The molecule has 3 aliphatic rings. The number of nitrogens with zero attached hydrogens (tertiary/aromatic N) is 1. The molecule has 1 saturated heterocycles. The van der Waals surface area contributed by atoms with Gasteiger partial charge in [-0.15, -0.1) is 0 Å². The first-order chi connectivity index (χ1) is 18.7. The summed E-state index contributed by atoms with van der Waals surface area (Å²) < 4.78 is 4.83. The number of anilines is 1. The van der Waals surface area contributed by atoms with Gasteiger partial charge in [-0.2, -0.15) is 0 Å². The average Bonchev–Trinajstić information content (AvgIpc) is 3.19. The Kier molecular flexibility index (Phi) is 7.74. The summed E-state index contributed by atoms with van der Waals surface area (Å²) in [7, 11) is 1.36. The molecule has 0 radical (unpaired) electrons. The first kappa shape index (κ1) is 27.3. The van der Waals surface area contributed by atoms with Crippen molar-refractivity contribution in [3.8, 4) is 0 Å². The smallest absolute Gasteiger partial charge is 0.333 e. The predicted octanol–water partition coefficient (Wildman–Crippen LogP) is 5.87. The third-order valence-electron chi connectivity index (χ3n) is 8.11. The number of nitrogens with one attached hydrogen (secondary N) is 2. The zero-order valence-corrected chi connectivity index (χ0v) is 23.4. The summed E-state index contributed by atoms with van der Waals surface area (Å²) in [6, 6.07) is 12.9. The Balaban J connectivity index is 1.42. The number of ether oxygens (including phenoxy) is 1. The maximum absolute atomic E-state index is 13.8. The molecule has 3 amide bonds. The van der Waals surface area contributed by atoms with E-state index in [2.05, 4.69) is 10.6 Å². The van der Waals surface area contributed by atoms with Crippen LogP contribution in [0.25, 0.3) is 0 Å². The minimum atomic E-state index is -0.876. The summed E-state index contributed by atoms with van der Waals surface area (Å²) in [5.74, 6) is -0.609. The van der Waals surface area contributed by atoms with Gasteiger partial charge >= 0.3 is 12.0 Å². The number of rotatable bonds is 5. The number of allylic oxidation sites excluding steroid dienone is 3. The first-order valence-corrected chi connectivity index (χ1v) is 13.9. The van der Waals surface area contributed by atoms with E-state index in [0.717, 1.165) is 29.7 Å². The van der Waals surface area contributed by atoms with Crippen LogP contribution in [-0.4, -0.2) is 43.0 Å². The molecule has 2 heterocycles. The molecule has 3 atom stereocenters. The Labute approximate surface area is 238 Å². The number of benzene rings is 2. The van der Waals surface area contributed by atoms with Crippen molar-refractivity contribution in [2.75, 3.05) is 25.5 Å². The molecule has 39 heavy (non-hydrogen) atoms. The minimum absolute atomic E-state index is 0.0416. The Bertz CT molecular complexity index is 1390. The van der Waals surface area contributed by atoms with Crippen LogP contribution in [0.2, 0.25) is 10.0 Å². The van der Waals surface area contributed by atoms with Crippen molar-refractivity contribution < 1.29 is 19.1 Å². The van der Waals surface area contributed by atoms with Crippen LogP contribution in [0.15, 0.2) is 65.9 Å². The van der Waals surface area contributed by atoms with Crippen LogP contribution in [-0.2, 0) is 26.2 Å². The van der Waals surface area contributed by atoms with Gasteiger partial charge in [-0.1, -0.05) is 54.4 Å². The average molecular weight is 569 g/mol. The van der Waals surface area contributed by atoms with Crippen LogP contribution >= 0.6 is 23.2 Å². The van der Waals surface area contributed by atoms with Crippen LogP contribution in [0.4, 0.5) is 10.5 Å². The monoisotopic (exact) mass is 567 g/mol. The summed E-state index contributed by atoms with van der Waals surface area (Å²) in [5.41, 5.74) is 3.02. The second-order valence-corrected chi connectivity index (χ2v) is 11.4. The van der Waals surface area contributed by atoms with Crippen LogP contribution < -0.4 is 10.6 Å². The molecule has 2 aliphatic heterocycles. The van der Waals surface area contributed by atoms with E-state index >= 15 is 0 Å². The van der Waals surface area contributed by atoms with E-state index in [0.29, 0.717) is 47.2 Å². The fourth-order valence-corrected chi connectivity index (χ4v) is 6.52. The van der Waals surface area contributed by atoms with Crippen LogP contribution in [0.5, 0.6) is 0 Å². The zero-order chi connectivity index (χ0) is 27.7. The van der Waals surface area contributed by atoms with Gasteiger partial charge in [-0.05, 0) is 73.1 Å². The number of hydrogen-bond acceptors (Lipinski definition) is 4. The number of carbonyl (C=O) groups excluding carboxylic acids is 3. The van der Waals surface area contributed by atoms with Crippen molar-refractivity contribution >= 4 is 46.8 Å². The molecule has 0 aromatic heterocycles. The van der Waals surface area contributed by atoms with Crippen molar-refractivity contribution in [2.45, 2.75) is 38.0 Å².